The smallest absolute Gasteiger partial charge is 0.311 e. The van der Waals surface area contributed by atoms with Crippen molar-refractivity contribution in [2.45, 2.75) is 37.9 Å². The third-order valence-electron chi connectivity index (χ3n) is 5.65. The molecule has 1 atom stereocenters. The molecule has 2 aliphatic heterocycles. The molecule has 0 amide bonds. The molecule has 0 N–H and O–H groups in total. The number of aromatic nitrogens is 1. The van der Waals surface area contributed by atoms with E-state index in [2.05, 4.69) is 47.3 Å². The molecule has 3 heterocycles. The van der Waals surface area contributed by atoms with Gasteiger partial charge in [0, 0.05) is 31.3 Å². The van der Waals surface area contributed by atoms with Crippen LogP contribution in [0, 0.1) is 29.4 Å². The Hall–Kier alpha value is -3.17. The second kappa shape index (κ2) is 7.69. The number of ether oxygens (including phenoxy) is 1. The third-order valence-corrected chi connectivity index (χ3v) is 5.65. The zero-order valence-corrected chi connectivity index (χ0v) is 16.4. The normalized spacial score (nSPS) is 20.4. The number of fused-ring (bicyclic) bond motifs is 1. The number of benzene rings is 1. The summed E-state index contributed by atoms with van der Waals surface area (Å²) in [5.41, 5.74) is 3.33. The summed E-state index contributed by atoms with van der Waals surface area (Å²) in [5, 5.41) is 11.2. The highest BCUT2D eigenvalue weighted by Crippen LogP contribution is 2.36. The fourth-order valence-corrected chi connectivity index (χ4v) is 3.83. The van der Waals surface area contributed by atoms with E-state index in [1.807, 2.05) is 11.8 Å². The van der Waals surface area contributed by atoms with Crippen LogP contribution in [0.5, 0.6) is 0 Å². The molecular formula is C23H23N3O3. The Morgan fingerprint density at radius 2 is 1.86 bits per heavy atom. The average Bonchev–Trinajstić information content (AvgIpc) is 2.71. The summed E-state index contributed by atoms with van der Waals surface area (Å²) in [5.74, 6) is 3.10. The molecule has 0 aromatic carbocycles. The first-order valence-electron chi connectivity index (χ1n) is 9.79. The van der Waals surface area contributed by atoms with Gasteiger partial charge in [0.15, 0.2) is 0 Å². The second-order valence-electron chi connectivity index (χ2n) is 7.59. The average molecular weight is 389 g/mol. The standard InChI is InChI=1S/C17H19N3O3.C6H4/c1-3-14-5-4-8-17(23-14)9-11-19(12-10-17)16-15(20(21)22)7-6-13(2)18-16;1-2-6-4-3-5(1)6/h1,4,6-8,14H,5,9-12H2,2H3;1-4H. The van der Waals surface area contributed by atoms with E-state index in [1.165, 1.54) is 17.2 Å². The molecule has 1 spiro atoms. The van der Waals surface area contributed by atoms with Gasteiger partial charge in [0.25, 0.3) is 0 Å². The predicted molar refractivity (Wildman–Crippen MR) is 113 cm³/mol. The molecule has 2 aliphatic carbocycles. The monoisotopic (exact) mass is 389 g/mol. The van der Waals surface area contributed by atoms with Gasteiger partial charge in [-0.05, 0) is 37.0 Å². The van der Waals surface area contributed by atoms with E-state index < -0.39 is 0 Å². The topological polar surface area (TPSA) is 68.5 Å². The molecule has 1 fully saturated rings. The van der Waals surface area contributed by atoms with E-state index in [-0.39, 0.29) is 22.3 Å². The highest BCUT2D eigenvalue weighted by Gasteiger charge is 2.38. The molecule has 0 bridgehead atoms. The lowest BCUT2D eigenvalue weighted by Crippen LogP contribution is -2.48. The molecule has 4 aliphatic rings. The molecule has 6 nitrogen and oxygen atoms in total. The quantitative estimate of drug-likeness (QED) is 0.283. The second-order valence-corrected chi connectivity index (χ2v) is 7.59. The fraction of sp³-hybridized carbons (Fsp3) is 0.348. The van der Waals surface area contributed by atoms with Crippen LogP contribution in [0.1, 0.15) is 25.0 Å². The zero-order valence-electron chi connectivity index (χ0n) is 16.4. The van der Waals surface area contributed by atoms with Gasteiger partial charge in [-0.25, -0.2) is 4.98 Å². The number of aryl methyl sites for hydroxylation is 1. The van der Waals surface area contributed by atoms with E-state index in [0.29, 0.717) is 18.9 Å². The summed E-state index contributed by atoms with van der Waals surface area (Å²) in [7, 11) is 0. The molecule has 6 heteroatoms. The minimum Gasteiger partial charge on any atom is -0.355 e. The van der Waals surface area contributed by atoms with Crippen LogP contribution in [0.15, 0.2) is 48.6 Å². The molecule has 5 rings (SSSR count). The van der Waals surface area contributed by atoms with Gasteiger partial charge in [-0.1, -0.05) is 42.3 Å². The van der Waals surface area contributed by atoms with Crippen LogP contribution in [0.4, 0.5) is 11.5 Å². The first kappa shape index (κ1) is 19.2. The molecule has 29 heavy (non-hydrogen) atoms. The summed E-state index contributed by atoms with van der Waals surface area (Å²) in [6.07, 6.45) is 11.7. The van der Waals surface area contributed by atoms with Crippen LogP contribution in [0.2, 0.25) is 0 Å². The number of rotatable bonds is 2. The van der Waals surface area contributed by atoms with Gasteiger partial charge in [0.2, 0.25) is 5.82 Å². The Morgan fingerprint density at radius 1 is 1.21 bits per heavy atom. The first-order chi connectivity index (χ1) is 14.0. The maximum absolute atomic E-state index is 11.2. The SMILES string of the molecule is C#CC1CC=CC2(CCN(c3nc(C)ccc3[N+](=O)[O-])CC2)O1.c1cc2ccc1-2. The van der Waals surface area contributed by atoms with Gasteiger partial charge < -0.3 is 9.64 Å². The van der Waals surface area contributed by atoms with Crippen molar-refractivity contribution in [3.8, 4) is 23.5 Å². The Labute approximate surface area is 170 Å². The summed E-state index contributed by atoms with van der Waals surface area (Å²) in [6.45, 7) is 3.14. The molecule has 1 saturated heterocycles. The minimum absolute atomic E-state index is 0.0492. The lowest BCUT2D eigenvalue weighted by molar-refractivity contribution is -0.384. The third kappa shape index (κ3) is 3.87. The maximum Gasteiger partial charge on any atom is 0.311 e. The zero-order chi connectivity index (χ0) is 20.4. The van der Waals surface area contributed by atoms with E-state index in [0.717, 1.165) is 25.0 Å². The number of pyridine rings is 1. The van der Waals surface area contributed by atoms with Gasteiger partial charge in [-0.15, -0.1) is 6.42 Å². The van der Waals surface area contributed by atoms with Crippen LogP contribution in [-0.2, 0) is 4.74 Å². The van der Waals surface area contributed by atoms with Crippen molar-refractivity contribution in [1.29, 1.82) is 0 Å². The predicted octanol–water partition coefficient (Wildman–Crippen LogP) is 4.28. The first-order valence-corrected chi connectivity index (χ1v) is 9.79. The summed E-state index contributed by atoms with van der Waals surface area (Å²) in [4.78, 5) is 17.2. The van der Waals surface area contributed by atoms with Crippen molar-refractivity contribution >= 4 is 11.5 Å². The lowest BCUT2D eigenvalue weighted by atomic mass is 9.88. The summed E-state index contributed by atoms with van der Waals surface area (Å²) >= 11 is 0. The van der Waals surface area contributed by atoms with Crippen LogP contribution in [0.25, 0.3) is 11.1 Å². The molecule has 1 aromatic heterocycles. The molecule has 1 unspecified atom stereocenters. The van der Waals surface area contributed by atoms with E-state index >= 15 is 0 Å². The fourth-order valence-electron chi connectivity index (χ4n) is 3.83. The van der Waals surface area contributed by atoms with Crippen LogP contribution >= 0.6 is 0 Å². The van der Waals surface area contributed by atoms with Crippen molar-refractivity contribution in [2.24, 2.45) is 0 Å². The summed E-state index contributed by atoms with van der Waals surface area (Å²) in [6, 6.07) is 11.7. The molecule has 0 saturated carbocycles. The van der Waals surface area contributed by atoms with Crippen LogP contribution < -0.4 is 4.90 Å². The van der Waals surface area contributed by atoms with Crippen LogP contribution in [-0.4, -0.2) is 34.7 Å². The van der Waals surface area contributed by atoms with Gasteiger partial charge in [-0.2, -0.15) is 0 Å². The van der Waals surface area contributed by atoms with Crippen molar-refractivity contribution < 1.29 is 9.66 Å². The Morgan fingerprint density at radius 3 is 2.38 bits per heavy atom. The number of terminal acetylenes is 1. The van der Waals surface area contributed by atoms with Gasteiger partial charge in [0.05, 0.1) is 10.5 Å². The van der Waals surface area contributed by atoms with Gasteiger partial charge >= 0.3 is 5.69 Å². The van der Waals surface area contributed by atoms with Crippen LogP contribution in [0.3, 0.4) is 0 Å². The number of anilines is 1. The van der Waals surface area contributed by atoms with Gasteiger partial charge in [-0.3, -0.25) is 10.1 Å². The Balaban J connectivity index is 0.000000286. The molecule has 1 aromatic rings. The Kier molecular flexibility index (Phi) is 5.08. The highest BCUT2D eigenvalue weighted by atomic mass is 16.6. The van der Waals surface area contributed by atoms with Crippen molar-refractivity contribution in [1.82, 2.24) is 4.98 Å². The number of hydrogen-bond donors (Lipinski definition) is 0. The number of nitrogens with zero attached hydrogens (tertiary/aromatic N) is 3. The van der Waals surface area contributed by atoms with Crippen molar-refractivity contribution in [3.63, 3.8) is 0 Å². The minimum atomic E-state index is -0.377. The Bertz CT molecular complexity index is 962. The highest BCUT2D eigenvalue weighted by molar-refractivity contribution is 5.75. The number of piperidine rings is 1. The largest absolute Gasteiger partial charge is 0.355 e. The van der Waals surface area contributed by atoms with Crippen molar-refractivity contribution in [3.05, 3.63) is 64.4 Å². The number of nitro groups is 1. The van der Waals surface area contributed by atoms with Crippen molar-refractivity contribution in [2.75, 3.05) is 18.0 Å². The van der Waals surface area contributed by atoms with E-state index in [4.69, 9.17) is 11.2 Å². The lowest BCUT2D eigenvalue weighted by Gasteiger charge is -2.42. The number of hydrogen-bond acceptors (Lipinski definition) is 5. The summed E-state index contributed by atoms with van der Waals surface area (Å²) < 4.78 is 6.05. The molecular weight excluding hydrogens is 366 g/mol. The molecule has 148 valence electrons. The van der Waals surface area contributed by atoms with E-state index in [1.54, 1.807) is 6.07 Å². The van der Waals surface area contributed by atoms with E-state index in [9.17, 15) is 10.1 Å². The maximum atomic E-state index is 11.2. The van der Waals surface area contributed by atoms with Gasteiger partial charge in [0.1, 0.15) is 6.10 Å². The molecule has 0 radical (unpaired) electrons.